The zero-order valence-corrected chi connectivity index (χ0v) is 18.0. The quantitative estimate of drug-likeness (QED) is 0.670. The molecule has 5 heteroatoms. The molecule has 1 amide bonds. The van der Waals surface area contributed by atoms with E-state index in [1.165, 1.54) is 16.7 Å². The van der Waals surface area contributed by atoms with Crippen LogP contribution in [0.2, 0.25) is 0 Å². The van der Waals surface area contributed by atoms with Gasteiger partial charge in [0.1, 0.15) is 6.10 Å². The number of methoxy groups -OCH3 is 1. The molecule has 2 aromatic rings. The van der Waals surface area contributed by atoms with Crippen molar-refractivity contribution < 1.29 is 14.3 Å². The second kappa shape index (κ2) is 9.29. The van der Waals surface area contributed by atoms with E-state index in [-0.39, 0.29) is 11.4 Å². The minimum Gasteiger partial charge on any atom is -0.383 e. The lowest BCUT2D eigenvalue weighted by molar-refractivity contribution is -0.141. The fourth-order valence-corrected chi connectivity index (χ4v) is 4.89. The van der Waals surface area contributed by atoms with E-state index < -0.39 is 6.10 Å². The maximum absolute atomic E-state index is 13.3. The van der Waals surface area contributed by atoms with E-state index in [0.29, 0.717) is 26.2 Å². The van der Waals surface area contributed by atoms with Crippen LogP contribution in [0, 0.1) is 0 Å². The van der Waals surface area contributed by atoms with Crippen LogP contribution in [0.3, 0.4) is 0 Å². The van der Waals surface area contributed by atoms with E-state index in [9.17, 15) is 4.79 Å². The summed E-state index contributed by atoms with van der Waals surface area (Å²) in [5.74, 6) is 0.0924. The number of hydrogen-bond donors (Lipinski definition) is 0. The normalized spacial score (nSPS) is 23.1. The van der Waals surface area contributed by atoms with E-state index in [1.54, 1.807) is 7.11 Å². The highest BCUT2D eigenvalue weighted by atomic mass is 16.5. The molecule has 4 rings (SSSR count). The number of rotatable bonds is 8. The number of benzene rings is 2. The molecule has 2 aromatic carbocycles. The van der Waals surface area contributed by atoms with Crippen molar-refractivity contribution in [2.24, 2.45) is 0 Å². The molecule has 5 nitrogen and oxygen atoms in total. The van der Waals surface area contributed by atoms with E-state index in [4.69, 9.17) is 9.47 Å². The third kappa shape index (κ3) is 4.02. The monoisotopic (exact) mass is 408 g/mol. The molecule has 30 heavy (non-hydrogen) atoms. The first kappa shape index (κ1) is 21.0. The highest BCUT2D eigenvalue weighted by Gasteiger charge is 2.52. The van der Waals surface area contributed by atoms with Crippen molar-refractivity contribution in [3.63, 3.8) is 0 Å². The Morgan fingerprint density at radius 3 is 2.70 bits per heavy atom. The van der Waals surface area contributed by atoms with Crippen LogP contribution >= 0.6 is 0 Å². The maximum Gasteiger partial charge on any atom is 0.251 e. The fourth-order valence-electron chi connectivity index (χ4n) is 4.89. The third-order valence-electron chi connectivity index (χ3n) is 6.39. The van der Waals surface area contributed by atoms with Crippen molar-refractivity contribution in [2.75, 3.05) is 33.4 Å². The summed E-state index contributed by atoms with van der Waals surface area (Å²) in [7, 11) is 1.67. The van der Waals surface area contributed by atoms with Crippen molar-refractivity contribution in [1.29, 1.82) is 0 Å². The SMILES string of the molecule is CCCN(CCOC)C(=O)[C@@H]1C[C@@]2(CO1)c1ccccc1CN2Cc1ccccc1. The molecule has 0 saturated carbocycles. The molecule has 2 aliphatic rings. The number of carbonyl (C=O) groups excluding carboxylic acids is 1. The Morgan fingerprint density at radius 2 is 1.93 bits per heavy atom. The molecule has 1 fully saturated rings. The van der Waals surface area contributed by atoms with Gasteiger partial charge in [0.15, 0.2) is 0 Å². The first-order valence-corrected chi connectivity index (χ1v) is 10.9. The first-order chi connectivity index (χ1) is 14.7. The Hall–Kier alpha value is -2.21. The van der Waals surface area contributed by atoms with Crippen LogP contribution in [0.5, 0.6) is 0 Å². The Bertz CT molecular complexity index is 856. The van der Waals surface area contributed by atoms with E-state index in [1.807, 2.05) is 11.0 Å². The van der Waals surface area contributed by atoms with Crippen LogP contribution in [0.4, 0.5) is 0 Å². The Balaban J connectivity index is 1.58. The molecule has 0 aromatic heterocycles. The van der Waals surface area contributed by atoms with Gasteiger partial charge in [0.25, 0.3) is 5.91 Å². The number of carbonyl (C=O) groups is 1. The molecule has 1 spiro atoms. The lowest BCUT2D eigenvalue weighted by Crippen LogP contribution is -2.44. The Labute approximate surface area is 179 Å². The molecule has 2 heterocycles. The van der Waals surface area contributed by atoms with Gasteiger partial charge in [0.2, 0.25) is 0 Å². The summed E-state index contributed by atoms with van der Waals surface area (Å²) < 4.78 is 11.4. The smallest absolute Gasteiger partial charge is 0.251 e. The minimum absolute atomic E-state index is 0.0924. The summed E-state index contributed by atoms with van der Waals surface area (Å²) in [6.07, 6.45) is 1.22. The molecule has 0 unspecified atom stereocenters. The molecule has 0 N–H and O–H groups in total. The number of hydrogen-bond acceptors (Lipinski definition) is 4. The average molecular weight is 409 g/mol. The van der Waals surface area contributed by atoms with Gasteiger partial charge in [0, 0.05) is 39.7 Å². The standard InChI is InChI=1S/C25H32N2O3/c1-3-13-26(14-15-29-2)24(28)23-16-25(19-30-23)22-12-8-7-11-21(22)18-27(25)17-20-9-5-4-6-10-20/h4-12,23H,3,13-19H2,1-2H3/t23-,25+/m0/s1. The van der Waals surface area contributed by atoms with Gasteiger partial charge in [-0.15, -0.1) is 0 Å². The summed E-state index contributed by atoms with van der Waals surface area (Å²) in [4.78, 5) is 17.7. The predicted octanol–water partition coefficient (Wildman–Crippen LogP) is 3.57. The Morgan fingerprint density at radius 1 is 1.17 bits per heavy atom. The van der Waals surface area contributed by atoms with Gasteiger partial charge in [-0.1, -0.05) is 61.5 Å². The zero-order chi connectivity index (χ0) is 21.0. The average Bonchev–Trinajstić information content (AvgIpc) is 3.35. The van der Waals surface area contributed by atoms with Crippen LogP contribution in [0.1, 0.15) is 36.5 Å². The summed E-state index contributed by atoms with van der Waals surface area (Å²) in [6, 6.07) is 19.2. The summed E-state index contributed by atoms with van der Waals surface area (Å²) in [6.45, 7) is 6.28. The maximum atomic E-state index is 13.3. The van der Waals surface area contributed by atoms with Gasteiger partial charge in [0.05, 0.1) is 18.8 Å². The fraction of sp³-hybridized carbons (Fsp3) is 0.480. The van der Waals surface area contributed by atoms with Crippen molar-refractivity contribution in [2.45, 2.75) is 44.5 Å². The largest absolute Gasteiger partial charge is 0.383 e. The number of nitrogens with zero attached hydrogens (tertiary/aromatic N) is 2. The van der Waals surface area contributed by atoms with Gasteiger partial charge in [-0.2, -0.15) is 0 Å². The van der Waals surface area contributed by atoms with E-state index in [0.717, 1.165) is 26.1 Å². The molecule has 0 radical (unpaired) electrons. The summed E-state index contributed by atoms with van der Waals surface area (Å²) in [5.41, 5.74) is 3.70. The molecular formula is C25H32N2O3. The van der Waals surface area contributed by atoms with Gasteiger partial charge in [-0.05, 0) is 23.1 Å². The van der Waals surface area contributed by atoms with Gasteiger partial charge < -0.3 is 14.4 Å². The highest BCUT2D eigenvalue weighted by Crippen LogP contribution is 2.47. The minimum atomic E-state index is -0.405. The third-order valence-corrected chi connectivity index (χ3v) is 6.39. The van der Waals surface area contributed by atoms with Crippen LogP contribution in [-0.2, 0) is 32.9 Å². The van der Waals surface area contributed by atoms with Gasteiger partial charge in [-0.3, -0.25) is 9.69 Å². The van der Waals surface area contributed by atoms with E-state index in [2.05, 4.69) is 60.4 Å². The van der Waals surface area contributed by atoms with Crippen molar-refractivity contribution in [3.8, 4) is 0 Å². The number of ether oxygens (including phenoxy) is 2. The number of fused-ring (bicyclic) bond motifs is 2. The summed E-state index contributed by atoms with van der Waals surface area (Å²) in [5, 5.41) is 0. The molecule has 160 valence electrons. The van der Waals surface area contributed by atoms with Crippen molar-refractivity contribution in [1.82, 2.24) is 9.80 Å². The topological polar surface area (TPSA) is 42.0 Å². The molecule has 2 atom stereocenters. The lowest BCUT2D eigenvalue weighted by atomic mass is 9.86. The van der Waals surface area contributed by atoms with Gasteiger partial charge >= 0.3 is 0 Å². The Kier molecular flexibility index (Phi) is 6.52. The van der Waals surface area contributed by atoms with Crippen molar-refractivity contribution >= 4 is 5.91 Å². The van der Waals surface area contributed by atoms with Crippen molar-refractivity contribution in [3.05, 3.63) is 71.3 Å². The molecular weight excluding hydrogens is 376 g/mol. The van der Waals surface area contributed by atoms with Crippen LogP contribution in [-0.4, -0.2) is 55.2 Å². The molecule has 1 saturated heterocycles. The van der Waals surface area contributed by atoms with Crippen LogP contribution < -0.4 is 0 Å². The second-order valence-electron chi connectivity index (χ2n) is 8.35. The van der Waals surface area contributed by atoms with E-state index >= 15 is 0 Å². The number of amides is 1. The molecule has 2 aliphatic heterocycles. The zero-order valence-electron chi connectivity index (χ0n) is 18.0. The highest BCUT2D eigenvalue weighted by molar-refractivity contribution is 5.81. The van der Waals surface area contributed by atoms with Gasteiger partial charge in [-0.25, -0.2) is 0 Å². The first-order valence-electron chi connectivity index (χ1n) is 10.9. The second-order valence-corrected chi connectivity index (χ2v) is 8.35. The predicted molar refractivity (Wildman–Crippen MR) is 117 cm³/mol. The van der Waals surface area contributed by atoms with Crippen LogP contribution in [0.25, 0.3) is 0 Å². The summed E-state index contributed by atoms with van der Waals surface area (Å²) >= 11 is 0. The van der Waals surface area contributed by atoms with Crippen LogP contribution in [0.15, 0.2) is 54.6 Å². The molecule has 0 aliphatic carbocycles. The molecule has 0 bridgehead atoms. The lowest BCUT2D eigenvalue weighted by Gasteiger charge is -2.35.